The van der Waals surface area contributed by atoms with Gasteiger partial charge in [0.1, 0.15) is 11.6 Å². The van der Waals surface area contributed by atoms with Crippen molar-refractivity contribution >= 4 is 11.6 Å². The van der Waals surface area contributed by atoms with Crippen LogP contribution in [-0.2, 0) is 4.79 Å². The molecule has 0 radical (unpaired) electrons. The lowest BCUT2D eigenvalue weighted by Crippen LogP contribution is -2.26. The van der Waals surface area contributed by atoms with E-state index in [4.69, 9.17) is 0 Å². The summed E-state index contributed by atoms with van der Waals surface area (Å²) in [5.41, 5.74) is 2.93. The summed E-state index contributed by atoms with van der Waals surface area (Å²) in [4.78, 5) is 14.6. The second-order valence-electron chi connectivity index (χ2n) is 5.71. The monoisotopic (exact) mass is 328 g/mol. The average Bonchev–Trinajstić information content (AvgIpc) is 2.58. The Morgan fingerprint density at radius 2 is 2.00 bits per heavy atom. The molecule has 1 rings (SSSR count). The molecule has 0 saturated carbocycles. The van der Waals surface area contributed by atoms with Crippen LogP contribution in [0.25, 0.3) is 0 Å². The molecule has 0 unspecified atom stereocenters. The van der Waals surface area contributed by atoms with Crippen molar-refractivity contribution < 1.29 is 4.79 Å². The molecule has 2 N–H and O–H groups in total. The first-order valence-corrected chi connectivity index (χ1v) is 8.47. The Labute approximate surface area is 145 Å². The van der Waals surface area contributed by atoms with Gasteiger partial charge in [0.05, 0.1) is 0 Å². The maximum atomic E-state index is 12.2. The SMILES string of the molecule is CCN(CC)CCCN/C=C(/C#N)C(=O)Nc1cccc(C)c1C. The number of anilines is 1. The van der Waals surface area contributed by atoms with E-state index < -0.39 is 0 Å². The Bertz CT molecular complexity index is 612. The summed E-state index contributed by atoms with van der Waals surface area (Å²) in [5, 5.41) is 15.1. The van der Waals surface area contributed by atoms with Crippen LogP contribution >= 0.6 is 0 Å². The summed E-state index contributed by atoms with van der Waals surface area (Å²) in [5.74, 6) is -0.387. The van der Waals surface area contributed by atoms with Gasteiger partial charge in [-0.1, -0.05) is 26.0 Å². The van der Waals surface area contributed by atoms with E-state index >= 15 is 0 Å². The largest absolute Gasteiger partial charge is 0.390 e. The van der Waals surface area contributed by atoms with Crippen LogP contribution in [0.15, 0.2) is 30.0 Å². The third kappa shape index (κ3) is 6.05. The number of carbonyl (C=O) groups is 1. The van der Waals surface area contributed by atoms with E-state index in [1.165, 1.54) is 6.20 Å². The number of amides is 1. The number of benzene rings is 1. The Balaban J connectivity index is 2.54. The van der Waals surface area contributed by atoms with Gasteiger partial charge in [-0.15, -0.1) is 0 Å². The van der Waals surface area contributed by atoms with Gasteiger partial charge in [-0.05, 0) is 57.1 Å². The zero-order valence-corrected chi connectivity index (χ0v) is 15.1. The maximum absolute atomic E-state index is 12.2. The van der Waals surface area contributed by atoms with Gasteiger partial charge in [-0.3, -0.25) is 4.79 Å². The fourth-order valence-corrected chi connectivity index (χ4v) is 2.34. The Hall–Kier alpha value is -2.32. The summed E-state index contributed by atoms with van der Waals surface area (Å²) in [7, 11) is 0. The van der Waals surface area contributed by atoms with Gasteiger partial charge in [0.15, 0.2) is 0 Å². The van der Waals surface area contributed by atoms with Gasteiger partial charge in [0.2, 0.25) is 0 Å². The van der Waals surface area contributed by atoms with Crippen LogP contribution in [-0.4, -0.2) is 37.0 Å². The number of nitrogens with one attached hydrogen (secondary N) is 2. The smallest absolute Gasteiger partial charge is 0.267 e. The first kappa shape index (κ1) is 19.7. The standard InChI is InChI=1S/C19H28N4O/c1-5-23(6-2)12-8-11-21-14-17(13-20)19(24)22-18-10-7-9-15(3)16(18)4/h7,9-10,14,21H,5-6,8,11-12H2,1-4H3,(H,22,24)/b17-14-. The van der Waals surface area contributed by atoms with Crippen LogP contribution in [0.4, 0.5) is 5.69 Å². The molecule has 5 heteroatoms. The minimum absolute atomic E-state index is 0.0822. The van der Waals surface area contributed by atoms with E-state index in [2.05, 4.69) is 29.4 Å². The normalized spacial score (nSPS) is 11.2. The molecular formula is C19H28N4O. The predicted octanol–water partition coefficient (Wildman–Crippen LogP) is 2.97. The highest BCUT2D eigenvalue weighted by Gasteiger charge is 2.11. The number of rotatable bonds is 9. The van der Waals surface area contributed by atoms with Gasteiger partial charge in [-0.2, -0.15) is 5.26 Å². The van der Waals surface area contributed by atoms with E-state index in [1.54, 1.807) is 0 Å². The van der Waals surface area contributed by atoms with Gasteiger partial charge < -0.3 is 15.5 Å². The second kappa shape index (κ2) is 10.5. The number of aryl methyl sites for hydroxylation is 1. The van der Waals surface area contributed by atoms with Crippen LogP contribution < -0.4 is 10.6 Å². The van der Waals surface area contributed by atoms with Gasteiger partial charge in [0.25, 0.3) is 5.91 Å². The molecule has 0 fully saturated rings. The van der Waals surface area contributed by atoms with Crippen molar-refractivity contribution in [2.45, 2.75) is 34.1 Å². The molecule has 0 heterocycles. The van der Waals surface area contributed by atoms with Crippen LogP contribution in [0, 0.1) is 25.2 Å². The highest BCUT2D eigenvalue weighted by atomic mass is 16.1. The fourth-order valence-electron chi connectivity index (χ4n) is 2.34. The van der Waals surface area contributed by atoms with E-state index in [1.807, 2.05) is 38.1 Å². The summed E-state index contributed by atoms with van der Waals surface area (Å²) in [6.07, 6.45) is 2.47. The molecule has 0 saturated heterocycles. The Kier molecular flexibility index (Phi) is 8.59. The van der Waals surface area contributed by atoms with E-state index in [0.29, 0.717) is 0 Å². The molecule has 5 nitrogen and oxygen atoms in total. The van der Waals surface area contributed by atoms with Gasteiger partial charge >= 0.3 is 0 Å². The number of hydrogen-bond donors (Lipinski definition) is 2. The summed E-state index contributed by atoms with van der Waals surface area (Å²) in [6, 6.07) is 7.67. The molecule has 0 bridgehead atoms. The lowest BCUT2D eigenvalue weighted by atomic mass is 10.1. The molecule has 0 aliphatic carbocycles. The molecule has 0 aliphatic rings. The zero-order chi connectivity index (χ0) is 17.9. The summed E-state index contributed by atoms with van der Waals surface area (Å²) >= 11 is 0. The molecule has 1 aromatic rings. The lowest BCUT2D eigenvalue weighted by Gasteiger charge is -2.17. The summed E-state index contributed by atoms with van der Waals surface area (Å²) < 4.78 is 0. The molecule has 1 amide bonds. The third-order valence-corrected chi connectivity index (χ3v) is 4.15. The Morgan fingerprint density at radius 1 is 1.29 bits per heavy atom. The molecule has 24 heavy (non-hydrogen) atoms. The molecule has 0 spiro atoms. The van der Waals surface area contributed by atoms with Crippen LogP contribution in [0.3, 0.4) is 0 Å². The lowest BCUT2D eigenvalue weighted by molar-refractivity contribution is -0.112. The van der Waals surface area contributed by atoms with E-state index in [0.717, 1.165) is 49.4 Å². The van der Waals surface area contributed by atoms with E-state index in [9.17, 15) is 10.1 Å². The number of nitrogens with zero attached hydrogens (tertiary/aromatic N) is 2. The quantitative estimate of drug-likeness (QED) is 0.415. The van der Waals surface area contributed by atoms with Crippen molar-refractivity contribution in [2.75, 3.05) is 31.5 Å². The van der Waals surface area contributed by atoms with Crippen molar-refractivity contribution in [3.8, 4) is 6.07 Å². The van der Waals surface area contributed by atoms with Crippen molar-refractivity contribution in [3.05, 3.63) is 41.1 Å². The fraction of sp³-hybridized carbons (Fsp3) is 0.474. The maximum Gasteiger partial charge on any atom is 0.267 e. The minimum Gasteiger partial charge on any atom is -0.390 e. The third-order valence-electron chi connectivity index (χ3n) is 4.15. The van der Waals surface area contributed by atoms with Crippen molar-refractivity contribution in [3.63, 3.8) is 0 Å². The predicted molar refractivity (Wildman–Crippen MR) is 98.6 cm³/mol. The number of hydrogen-bond acceptors (Lipinski definition) is 4. The first-order chi connectivity index (χ1) is 11.5. The van der Waals surface area contributed by atoms with Gasteiger partial charge in [-0.25, -0.2) is 0 Å². The Morgan fingerprint density at radius 3 is 2.62 bits per heavy atom. The van der Waals surface area contributed by atoms with Crippen LogP contribution in [0.5, 0.6) is 0 Å². The molecule has 1 aromatic carbocycles. The molecule has 0 aromatic heterocycles. The van der Waals surface area contributed by atoms with Crippen LogP contribution in [0.1, 0.15) is 31.4 Å². The number of nitriles is 1. The topological polar surface area (TPSA) is 68.2 Å². The molecular weight excluding hydrogens is 300 g/mol. The van der Waals surface area contributed by atoms with E-state index in [-0.39, 0.29) is 11.5 Å². The highest BCUT2D eigenvalue weighted by molar-refractivity contribution is 6.06. The number of carbonyl (C=O) groups excluding carboxylic acids is 1. The molecule has 0 aliphatic heterocycles. The highest BCUT2D eigenvalue weighted by Crippen LogP contribution is 2.18. The summed E-state index contributed by atoms with van der Waals surface area (Å²) in [6.45, 7) is 12.0. The van der Waals surface area contributed by atoms with Crippen molar-refractivity contribution in [1.82, 2.24) is 10.2 Å². The van der Waals surface area contributed by atoms with Gasteiger partial charge in [0, 0.05) is 18.4 Å². The minimum atomic E-state index is -0.387. The van der Waals surface area contributed by atoms with Crippen LogP contribution in [0.2, 0.25) is 0 Å². The first-order valence-electron chi connectivity index (χ1n) is 8.47. The second-order valence-corrected chi connectivity index (χ2v) is 5.71. The molecule has 130 valence electrons. The molecule has 0 atom stereocenters. The average molecular weight is 328 g/mol. The van der Waals surface area contributed by atoms with Crippen molar-refractivity contribution in [1.29, 1.82) is 5.26 Å². The van der Waals surface area contributed by atoms with Crippen molar-refractivity contribution in [2.24, 2.45) is 0 Å². The zero-order valence-electron chi connectivity index (χ0n) is 15.1.